The number of carbonyl (C=O) groups is 1. The molecule has 0 aromatic carbocycles. The number of methoxy groups -OCH3 is 2. The molecule has 0 aliphatic rings. The maximum atomic E-state index is 12.3. The van der Waals surface area contributed by atoms with Crippen molar-refractivity contribution in [1.29, 1.82) is 0 Å². The van der Waals surface area contributed by atoms with Crippen LogP contribution in [0.1, 0.15) is 17.4 Å². The number of rotatable bonds is 10. The summed E-state index contributed by atoms with van der Waals surface area (Å²) in [6.07, 6.45) is 3.60. The van der Waals surface area contributed by atoms with E-state index >= 15 is 0 Å². The second kappa shape index (κ2) is 10.6. The van der Waals surface area contributed by atoms with Gasteiger partial charge < -0.3 is 24.8 Å². The van der Waals surface area contributed by atoms with Crippen molar-refractivity contribution in [3.05, 3.63) is 60.6 Å². The molecule has 10 nitrogen and oxygen atoms in total. The van der Waals surface area contributed by atoms with Gasteiger partial charge in [0.15, 0.2) is 11.6 Å². The van der Waals surface area contributed by atoms with Gasteiger partial charge in [-0.15, -0.1) is 0 Å². The monoisotopic (exact) mass is 462 g/mol. The normalized spacial score (nSPS) is 10.8. The fourth-order valence-electron chi connectivity index (χ4n) is 3.36. The summed E-state index contributed by atoms with van der Waals surface area (Å²) in [6.45, 7) is 3.41. The zero-order chi connectivity index (χ0) is 23.9. The third-order valence-corrected chi connectivity index (χ3v) is 5.00. The average molecular weight is 463 g/mol. The highest BCUT2D eigenvalue weighted by atomic mass is 16.5. The predicted molar refractivity (Wildman–Crippen MR) is 128 cm³/mol. The third-order valence-electron chi connectivity index (χ3n) is 5.00. The highest BCUT2D eigenvalue weighted by molar-refractivity contribution is 5.92. The summed E-state index contributed by atoms with van der Waals surface area (Å²) >= 11 is 0. The van der Waals surface area contributed by atoms with Gasteiger partial charge in [0.25, 0.3) is 11.8 Å². The zero-order valence-corrected chi connectivity index (χ0v) is 19.2. The Morgan fingerprint density at radius 1 is 1.06 bits per heavy atom. The molecule has 10 heteroatoms. The van der Waals surface area contributed by atoms with Crippen LogP contribution in [0.2, 0.25) is 0 Å². The molecule has 0 aliphatic carbocycles. The van der Waals surface area contributed by atoms with Crippen molar-refractivity contribution in [3.8, 4) is 22.8 Å². The SMILES string of the molecule is CCOCCNC(=O)c1cccc(Nc2cc3cc(-c4cnc(OC)c(OC)c4)ccn3n2)n1. The van der Waals surface area contributed by atoms with Gasteiger partial charge in [-0.25, -0.2) is 14.5 Å². The Bertz CT molecular complexity index is 1290. The van der Waals surface area contributed by atoms with Crippen molar-refractivity contribution in [2.24, 2.45) is 0 Å². The fourth-order valence-corrected chi connectivity index (χ4v) is 3.36. The van der Waals surface area contributed by atoms with Crippen LogP contribution in [0.5, 0.6) is 11.6 Å². The van der Waals surface area contributed by atoms with Crippen LogP contribution in [0.15, 0.2) is 54.9 Å². The second-order valence-electron chi connectivity index (χ2n) is 7.24. The van der Waals surface area contributed by atoms with Gasteiger partial charge in [0, 0.05) is 37.2 Å². The summed E-state index contributed by atoms with van der Waals surface area (Å²) in [4.78, 5) is 21.0. The van der Waals surface area contributed by atoms with Crippen LogP contribution in [0.25, 0.3) is 16.6 Å². The van der Waals surface area contributed by atoms with E-state index in [1.54, 1.807) is 43.1 Å². The summed E-state index contributed by atoms with van der Waals surface area (Å²) in [6, 6.07) is 12.9. The maximum absolute atomic E-state index is 12.3. The highest BCUT2D eigenvalue weighted by Crippen LogP contribution is 2.30. The van der Waals surface area contributed by atoms with Crippen LogP contribution < -0.4 is 20.1 Å². The lowest BCUT2D eigenvalue weighted by Crippen LogP contribution is -2.28. The molecule has 0 unspecified atom stereocenters. The number of nitrogens with one attached hydrogen (secondary N) is 2. The van der Waals surface area contributed by atoms with Crippen LogP contribution in [-0.4, -0.2) is 59.5 Å². The zero-order valence-electron chi connectivity index (χ0n) is 19.2. The molecule has 0 saturated carbocycles. The number of carbonyl (C=O) groups excluding carboxylic acids is 1. The van der Waals surface area contributed by atoms with Crippen LogP contribution in [0.4, 0.5) is 11.6 Å². The number of nitrogens with zero attached hydrogens (tertiary/aromatic N) is 4. The Labute approximate surface area is 196 Å². The topological polar surface area (TPSA) is 112 Å². The van der Waals surface area contributed by atoms with E-state index in [0.29, 0.717) is 48.7 Å². The standard InChI is InChI=1S/C24H26N6O4/c1-4-34-11-9-25-23(31)19-6-5-7-21(27-19)28-22-14-18-12-16(8-10-30(18)29-22)17-13-20(32-2)24(33-3)26-15-17/h5-8,10,12-15H,4,9,11H2,1-3H3,(H,25,31)(H,27,28,29). The van der Waals surface area contributed by atoms with Crippen molar-refractivity contribution < 1.29 is 19.0 Å². The van der Waals surface area contributed by atoms with E-state index in [4.69, 9.17) is 14.2 Å². The molecule has 34 heavy (non-hydrogen) atoms. The van der Waals surface area contributed by atoms with E-state index in [-0.39, 0.29) is 5.91 Å². The van der Waals surface area contributed by atoms with Crippen molar-refractivity contribution in [3.63, 3.8) is 0 Å². The predicted octanol–water partition coefficient (Wildman–Crippen LogP) is 3.32. The fraction of sp³-hybridized carbons (Fsp3) is 0.250. The van der Waals surface area contributed by atoms with Crippen LogP contribution in [-0.2, 0) is 4.74 Å². The first kappa shape index (κ1) is 23.0. The number of aromatic nitrogens is 4. The number of hydrogen-bond donors (Lipinski definition) is 2. The van der Waals surface area contributed by atoms with E-state index in [1.165, 1.54) is 0 Å². The largest absolute Gasteiger partial charge is 0.491 e. The molecule has 4 aromatic heterocycles. The van der Waals surface area contributed by atoms with Crippen LogP contribution >= 0.6 is 0 Å². The Balaban J connectivity index is 1.50. The molecule has 176 valence electrons. The molecule has 0 saturated heterocycles. The number of hydrogen-bond acceptors (Lipinski definition) is 8. The van der Waals surface area contributed by atoms with E-state index in [0.717, 1.165) is 16.6 Å². The van der Waals surface area contributed by atoms with Gasteiger partial charge in [0.2, 0.25) is 0 Å². The molecule has 0 fully saturated rings. The van der Waals surface area contributed by atoms with Crippen molar-refractivity contribution in [2.75, 3.05) is 39.3 Å². The Morgan fingerprint density at radius 2 is 1.94 bits per heavy atom. The van der Waals surface area contributed by atoms with Crippen molar-refractivity contribution >= 4 is 23.1 Å². The molecule has 0 atom stereocenters. The lowest BCUT2D eigenvalue weighted by Gasteiger charge is -2.08. The minimum atomic E-state index is -0.258. The molecule has 4 aromatic rings. The molecular formula is C24H26N6O4. The molecule has 4 rings (SSSR count). The number of pyridine rings is 3. The van der Waals surface area contributed by atoms with E-state index in [9.17, 15) is 4.79 Å². The number of ether oxygens (including phenoxy) is 3. The highest BCUT2D eigenvalue weighted by Gasteiger charge is 2.11. The van der Waals surface area contributed by atoms with E-state index in [2.05, 4.69) is 25.7 Å². The number of anilines is 2. The Morgan fingerprint density at radius 3 is 2.74 bits per heavy atom. The van der Waals surface area contributed by atoms with E-state index in [1.807, 2.05) is 37.4 Å². The average Bonchev–Trinajstić information content (AvgIpc) is 3.27. The summed E-state index contributed by atoms with van der Waals surface area (Å²) in [5.74, 6) is 1.85. The molecule has 1 amide bonds. The van der Waals surface area contributed by atoms with Crippen molar-refractivity contribution in [1.82, 2.24) is 24.9 Å². The minimum Gasteiger partial charge on any atom is -0.491 e. The van der Waals surface area contributed by atoms with Gasteiger partial charge in [0.05, 0.1) is 26.3 Å². The Kier molecular flexibility index (Phi) is 7.19. The van der Waals surface area contributed by atoms with Gasteiger partial charge in [-0.05, 0) is 42.8 Å². The van der Waals surface area contributed by atoms with Gasteiger partial charge in [0.1, 0.15) is 11.5 Å². The molecule has 2 N–H and O–H groups in total. The lowest BCUT2D eigenvalue weighted by molar-refractivity contribution is 0.0918. The molecule has 0 spiro atoms. The second-order valence-corrected chi connectivity index (χ2v) is 7.24. The molecule has 0 aliphatic heterocycles. The Hall–Kier alpha value is -4.18. The summed E-state index contributed by atoms with van der Waals surface area (Å²) in [5, 5.41) is 10.5. The van der Waals surface area contributed by atoms with Gasteiger partial charge in [-0.1, -0.05) is 6.07 Å². The van der Waals surface area contributed by atoms with Gasteiger partial charge >= 0.3 is 0 Å². The number of fused-ring (bicyclic) bond motifs is 1. The summed E-state index contributed by atoms with van der Waals surface area (Å²) in [7, 11) is 3.13. The lowest BCUT2D eigenvalue weighted by atomic mass is 10.1. The molecule has 0 radical (unpaired) electrons. The first-order chi connectivity index (χ1) is 16.6. The minimum absolute atomic E-state index is 0.258. The van der Waals surface area contributed by atoms with Gasteiger partial charge in [-0.3, -0.25) is 4.79 Å². The molecular weight excluding hydrogens is 436 g/mol. The summed E-state index contributed by atoms with van der Waals surface area (Å²) in [5.41, 5.74) is 3.03. The van der Waals surface area contributed by atoms with Crippen molar-refractivity contribution in [2.45, 2.75) is 6.92 Å². The van der Waals surface area contributed by atoms with Crippen LogP contribution in [0.3, 0.4) is 0 Å². The quantitative estimate of drug-likeness (QED) is 0.345. The first-order valence-electron chi connectivity index (χ1n) is 10.8. The van der Waals surface area contributed by atoms with Crippen LogP contribution in [0, 0.1) is 0 Å². The number of amides is 1. The summed E-state index contributed by atoms with van der Waals surface area (Å²) < 4.78 is 17.6. The van der Waals surface area contributed by atoms with Gasteiger partial charge in [-0.2, -0.15) is 5.10 Å². The molecule has 0 bridgehead atoms. The molecule has 4 heterocycles. The van der Waals surface area contributed by atoms with E-state index < -0.39 is 0 Å². The third kappa shape index (κ3) is 5.24. The smallest absolute Gasteiger partial charge is 0.270 e. The maximum Gasteiger partial charge on any atom is 0.270 e. The first-order valence-corrected chi connectivity index (χ1v) is 10.8.